The maximum atomic E-state index is 5.47. The first-order valence-corrected chi connectivity index (χ1v) is 9.77. The first kappa shape index (κ1) is 17.9. The molecule has 0 amide bonds. The van der Waals surface area contributed by atoms with Crippen LogP contribution in [0, 0.1) is 4.77 Å². The molecule has 6 nitrogen and oxygen atoms in total. The third-order valence-corrected chi connectivity index (χ3v) is 5.37. The van der Waals surface area contributed by atoms with Gasteiger partial charge in [-0.25, -0.2) is 4.68 Å². The van der Waals surface area contributed by atoms with Crippen molar-refractivity contribution in [1.29, 1.82) is 0 Å². The van der Waals surface area contributed by atoms with Crippen LogP contribution in [0.3, 0.4) is 0 Å². The van der Waals surface area contributed by atoms with Crippen LogP contribution in [-0.2, 0) is 13.1 Å². The van der Waals surface area contributed by atoms with Gasteiger partial charge < -0.3 is 4.90 Å². The number of nitrogens with one attached hydrogen (secondary N) is 1. The molecule has 0 aliphatic carbocycles. The van der Waals surface area contributed by atoms with E-state index in [1.165, 1.54) is 11.3 Å². The van der Waals surface area contributed by atoms with Crippen molar-refractivity contribution in [1.82, 2.24) is 24.6 Å². The third-order valence-electron chi connectivity index (χ3n) is 5.06. The van der Waals surface area contributed by atoms with Gasteiger partial charge in [0.15, 0.2) is 5.82 Å². The van der Waals surface area contributed by atoms with E-state index in [0.717, 1.165) is 50.7 Å². The Kier molecular flexibility index (Phi) is 5.31. The van der Waals surface area contributed by atoms with Crippen molar-refractivity contribution in [2.45, 2.75) is 20.0 Å². The highest BCUT2D eigenvalue weighted by Crippen LogP contribution is 2.18. The first-order valence-electron chi connectivity index (χ1n) is 9.36. The average Bonchev–Trinajstić information content (AvgIpc) is 3.09. The van der Waals surface area contributed by atoms with Gasteiger partial charge >= 0.3 is 0 Å². The normalized spacial score (nSPS) is 15.2. The molecule has 0 atom stereocenters. The lowest BCUT2D eigenvalue weighted by molar-refractivity contribution is 0.194. The number of benzene rings is 1. The van der Waals surface area contributed by atoms with E-state index in [4.69, 9.17) is 12.2 Å². The lowest BCUT2D eigenvalue weighted by Gasteiger charge is -2.35. The summed E-state index contributed by atoms with van der Waals surface area (Å²) in [6, 6.07) is 12.6. The van der Waals surface area contributed by atoms with Crippen LogP contribution in [0.4, 0.5) is 5.69 Å². The van der Waals surface area contributed by atoms with Gasteiger partial charge in [-0.1, -0.05) is 31.2 Å². The van der Waals surface area contributed by atoms with E-state index in [9.17, 15) is 0 Å². The molecule has 0 spiro atoms. The van der Waals surface area contributed by atoms with Crippen LogP contribution in [0.25, 0.3) is 11.4 Å². The zero-order valence-electron chi connectivity index (χ0n) is 15.5. The molecule has 27 heavy (non-hydrogen) atoms. The number of hydrogen-bond donors (Lipinski definition) is 1. The molecule has 4 rings (SSSR count). The zero-order chi connectivity index (χ0) is 18.6. The quantitative estimate of drug-likeness (QED) is 0.688. The molecule has 0 saturated carbocycles. The second kappa shape index (κ2) is 8.02. The molecule has 0 unspecified atom stereocenters. The molecule has 1 aliphatic heterocycles. The molecule has 3 aromatic rings. The van der Waals surface area contributed by atoms with Gasteiger partial charge in [-0.2, -0.15) is 4.98 Å². The number of aromatic nitrogens is 4. The molecule has 1 aromatic carbocycles. The van der Waals surface area contributed by atoms with Gasteiger partial charge in [0.05, 0.1) is 6.67 Å². The molecule has 1 aliphatic rings. The summed E-state index contributed by atoms with van der Waals surface area (Å²) >= 11 is 5.47. The summed E-state index contributed by atoms with van der Waals surface area (Å²) in [4.78, 5) is 13.4. The molecule has 3 heterocycles. The minimum atomic E-state index is 0.598. The van der Waals surface area contributed by atoms with E-state index in [-0.39, 0.29) is 0 Å². The minimum Gasteiger partial charge on any atom is -0.369 e. The molecular weight excluding hydrogens is 356 g/mol. The fourth-order valence-electron chi connectivity index (χ4n) is 3.38. The molecular formula is C20H24N6S. The second-order valence-electron chi connectivity index (χ2n) is 6.79. The highest BCUT2D eigenvalue weighted by molar-refractivity contribution is 7.71. The van der Waals surface area contributed by atoms with Crippen LogP contribution < -0.4 is 4.90 Å². The Labute approximate surface area is 164 Å². The molecule has 7 heteroatoms. The van der Waals surface area contributed by atoms with Crippen molar-refractivity contribution in [3.63, 3.8) is 0 Å². The van der Waals surface area contributed by atoms with E-state index in [1.807, 2.05) is 17.1 Å². The number of rotatable bonds is 5. The van der Waals surface area contributed by atoms with Crippen molar-refractivity contribution >= 4 is 17.9 Å². The summed E-state index contributed by atoms with van der Waals surface area (Å²) in [5.41, 5.74) is 3.63. The van der Waals surface area contributed by atoms with Crippen molar-refractivity contribution in [2.75, 3.05) is 31.1 Å². The molecule has 1 N–H and O–H groups in total. The van der Waals surface area contributed by atoms with Crippen molar-refractivity contribution in [2.24, 2.45) is 0 Å². The Morgan fingerprint density at radius 2 is 1.70 bits per heavy atom. The van der Waals surface area contributed by atoms with E-state index >= 15 is 0 Å². The zero-order valence-corrected chi connectivity index (χ0v) is 16.3. The third kappa shape index (κ3) is 4.09. The Morgan fingerprint density at radius 1 is 1.00 bits per heavy atom. The monoisotopic (exact) mass is 380 g/mol. The van der Waals surface area contributed by atoms with Gasteiger partial charge in [-0.05, 0) is 36.3 Å². The summed E-state index contributed by atoms with van der Waals surface area (Å²) in [6.45, 7) is 6.87. The van der Waals surface area contributed by atoms with Crippen LogP contribution in [0.15, 0.2) is 48.8 Å². The van der Waals surface area contributed by atoms with Gasteiger partial charge in [0, 0.05) is 49.8 Å². The first-order chi connectivity index (χ1) is 13.2. The van der Waals surface area contributed by atoms with E-state index in [2.05, 4.69) is 68.2 Å². The molecule has 2 aromatic heterocycles. The lowest BCUT2D eigenvalue weighted by Crippen LogP contribution is -2.46. The van der Waals surface area contributed by atoms with Crippen molar-refractivity contribution in [3.05, 3.63) is 59.1 Å². The summed E-state index contributed by atoms with van der Waals surface area (Å²) < 4.78 is 2.56. The predicted molar refractivity (Wildman–Crippen MR) is 110 cm³/mol. The Bertz CT molecular complexity index is 923. The van der Waals surface area contributed by atoms with E-state index < -0.39 is 0 Å². The molecule has 1 fully saturated rings. The van der Waals surface area contributed by atoms with Crippen molar-refractivity contribution in [3.8, 4) is 11.4 Å². The second-order valence-corrected chi connectivity index (χ2v) is 7.15. The smallest absolute Gasteiger partial charge is 0.217 e. The van der Waals surface area contributed by atoms with Gasteiger partial charge in [0.1, 0.15) is 0 Å². The standard InChI is InChI=1S/C20H24N6S/c1-2-16-3-5-17(6-4-16)19-22-20(27)26(23-19)15-24-11-13-25(14-12-24)18-7-9-21-10-8-18/h3-10H,2,11-15H2,1H3,(H,22,23,27). The molecule has 1 saturated heterocycles. The Balaban J connectivity index is 1.40. The number of aromatic amines is 1. The van der Waals surface area contributed by atoms with Crippen LogP contribution in [0.5, 0.6) is 0 Å². The summed E-state index contributed by atoms with van der Waals surface area (Å²) in [5, 5.41) is 3.36. The molecule has 0 bridgehead atoms. The number of H-pyrrole nitrogens is 1. The SMILES string of the molecule is CCc1ccc(-c2nc(=S)n(CN3CCN(c4ccncc4)CC3)[nH]2)cc1. The maximum absolute atomic E-state index is 5.47. The number of aryl methyl sites for hydroxylation is 1. The van der Waals surface area contributed by atoms with Crippen LogP contribution in [-0.4, -0.2) is 50.8 Å². The summed E-state index contributed by atoms with van der Waals surface area (Å²) in [5.74, 6) is 0.832. The average molecular weight is 381 g/mol. The summed E-state index contributed by atoms with van der Waals surface area (Å²) in [7, 11) is 0. The number of piperazine rings is 1. The molecule has 140 valence electrons. The number of anilines is 1. The lowest BCUT2D eigenvalue weighted by atomic mass is 10.1. The van der Waals surface area contributed by atoms with Crippen molar-refractivity contribution < 1.29 is 0 Å². The number of hydrogen-bond acceptors (Lipinski definition) is 5. The van der Waals surface area contributed by atoms with E-state index in [0.29, 0.717) is 4.77 Å². The number of nitrogens with zero attached hydrogens (tertiary/aromatic N) is 5. The molecule has 0 radical (unpaired) electrons. The van der Waals surface area contributed by atoms with Crippen LogP contribution >= 0.6 is 12.2 Å². The van der Waals surface area contributed by atoms with E-state index in [1.54, 1.807) is 0 Å². The Hall–Kier alpha value is -2.51. The highest BCUT2D eigenvalue weighted by atomic mass is 32.1. The van der Waals surface area contributed by atoms with Gasteiger partial charge in [-0.15, -0.1) is 0 Å². The highest BCUT2D eigenvalue weighted by Gasteiger charge is 2.18. The largest absolute Gasteiger partial charge is 0.369 e. The van der Waals surface area contributed by atoms with Gasteiger partial charge in [0.2, 0.25) is 4.77 Å². The minimum absolute atomic E-state index is 0.598. The maximum Gasteiger partial charge on any atom is 0.217 e. The number of pyridine rings is 1. The van der Waals surface area contributed by atoms with Gasteiger partial charge in [-0.3, -0.25) is 15.0 Å². The summed E-state index contributed by atoms with van der Waals surface area (Å²) in [6.07, 6.45) is 4.73. The van der Waals surface area contributed by atoms with Crippen LogP contribution in [0.1, 0.15) is 12.5 Å². The van der Waals surface area contributed by atoms with Gasteiger partial charge in [0.25, 0.3) is 0 Å². The Morgan fingerprint density at radius 3 is 2.37 bits per heavy atom. The van der Waals surface area contributed by atoms with Crippen LogP contribution in [0.2, 0.25) is 0 Å². The fourth-order valence-corrected chi connectivity index (χ4v) is 3.58. The fraction of sp³-hybridized carbons (Fsp3) is 0.350. The predicted octanol–water partition coefficient (Wildman–Crippen LogP) is 3.34. The topological polar surface area (TPSA) is 53.0 Å².